The first-order valence-corrected chi connectivity index (χ1v) is 6.81. The summed E-state index contributed by atoms with van der Waals surface area (Å²) < 4.78 is 44.9. The van der Waals surface area contributed by atoms with E-state index in [4.69, 9.17) is 4.74 Å². The molecular weight excluding hydrogens is 299 g/mol. The van der Waals surface area contributed by atoms with Gasteiger partial charge in [0, 0.05) is 12.7 Å². The number of carbonyl (C=O) groups excluding carboxylic acids is 1. The van der Waals surface area contributed by atoms with E-state index in [0.717, 1.165) is 0 Å². The van der Waals surface area contributed by atoms with E-state index in [1.54, 1.807) is 7.05 Å². The molecule has 0 saturated heterocycles. The third kappa shape index (κ3) is 2.90. The lowest BCUT2D eigenvalue weighted by atomic mass is 9.70. The van der Waals surface area contributed by atoms with Gasteiger partial charge in [0.1, 0.15) is 20.0 Å². The Bertz CT molecular complexity index is 483. The smallest absolute Gasteiger partial charge is 0.343 e. The summed E-state index contributed by atoms with van der Waals surface area (Å²) in [5.41, 5.74) is -4.77. The second kappa shape index (κ2) is 7.49. The zero-order valence-corrected chi connectivity index (χ0v) is 12.5. The van der Waals surface area contributed by atoms with Crippen molar-refractivity contribution in [2.45, 2.75) is 12.5 Å². The van der Waals surface area contributed by atoms with E-state index in [0.29, 0.717) is 5.69 Å². The fourth-order valence-corrected chi connectivity index (χ4v) is 2.15. The Kier molecular flexibility index (Phi) is 6.22. The summed E-state index contributed by atoms with van der Waals surface area (Å²) in [6.07, 6.45) is 0. The van der Waals surface area contributed by atoms with Crippen LogP contribution in [0.3, 0.4) is 0 Å². The Labute approximate surface area is 127 Å². The van der Waals surface area contributed by atoms with Crippen LogP contribution in [0.2, 0.25) is 0 Å². The average Bonchev–Trinajstić information content (AvgIpc) is 2.56. The predicted molar refractivity (Wildman–Crippen MR) is 76.9 cm³/mol. The third-order valence-electron chi connectivity index (χ3n) is 3.70. The van der Waals surface area contributed by atoms with Gasteiger partial charge in [-0.1, -0.05) is 12.1 Å². The van der Waals surface area contributed by atoms with Crippen LogP contribution in [0.15, 0.2) is 24.3 Å². The maximum Gasteiger partial charge on any atom is 0.343 e. The van der Waals surface area contributed by atoms with E-state index in [-0.39, 0.29) is 12.2 Å². The van der Waals surface area contributed by atoms with E-state index in [9.17, 15) is 23.1 Å². The van der Waals surface area contributed by atoms with Crippen LogP contribution in [-0.2, 0) is 15.1 Å². The average molecular weight is 319 g/mol. The van der Waals surface area contributed by atoms with Crippen LogP contribution in [0.1, 0.15) is 12.5 Å². The van der Waals surface area contributed by atoms with Gasteiger partial charge in [-0.3, -0.25) is 13.2 Å². The Balaban J connectivity index is 3.47. The maximum absolute atomic E-state index is 13.4. The minimum atomic E-state index is -2.76. The van der Waals surface area contributed by atoms with Crippen molar-refractivity contribution < 1.29 is 27.8 Å². The van der Waals surface area contributed by atoms with Gasteiger partial charge in [0.05, 0.1) is 12.0 Å². The van der Waals surface area contributed by atoms with E-state index >= 15 is 0 Å². The van der Waals surface area contributed by atoms with Crippen LogP contribution < -0.4 is 5.32 Å². The molecule has 0 fully saturated rings. The lowest BCUT2D eigenvalue weighted by Crippen LogP contribution is -2.56. The van der Waals surface area contributed by atoms with E-state index < -0.39 is 37.0 Å². The standard InChI is InChI=1S/C15H20F3NO3/c1-3-22-13(20)15(21,14(8-16,9-17)10-18)11-4-6-12(19-2)7-5-11/h4-7,19,21H,3,8-10H2,1-2H3. The number of rotatable bonds is 8. The molecule has 4 nitrogen and oxygen atoms in total. The zero-order valence-electron chi connectivity index (χ0n) is 12.5. The summed E-state index contributed by atoms with van der Waals surface area (Å²) in [6, 6.07) is 5.61. The molecule has 0 aromatic heterocycles. The minimum absolute atomic E-state index is 0.114. The molecule has 0 bridgehead atoms. The number of halogens is 3. The minimum Gasteiger partial charge on any atom is -0.464 e. The first kappa shape index (κ1) is 18.3. The molecule has 1 unspecified atom stereocenters. The highest BCUT2D eigenvalue weighted by Crippen LogP contribution is 2.43. The molecule has 22 heavy (non-hydrogen) atoms. The highest BCUT2D eigenvalue weighted by Gasteiger charge is 2.59. The molecule has 1 aromatic rings. The lowest BCUT2D eigenvalue weighted by molar-refractivity contribution is -0.192. The Morgan fingerprint density at radius 3 is 2.05 bits per heavy atom. The largest absolute Gasteiger partial charge is 0.464 e. The van der Waals surface area contributed by atoms with Crippen molar-refractivity contribution in [1.82, 2.24) is 0 Å². The van der Waals surface area contributed by atoms with Crippen molar-refractivity contribution in [1.29, 1.82) is 0 Å². The molecule has 0 aliphatic carbocycles. The summed E-state index contributed by atoms with van der Waals surface area (Å²) in [5.74, 6) is -1.28. The molecule has 0 aliphatic rings. The van der Waals surface area contributed by atoms with Crippen molar-refractivity contribution in [3.8, 4) is 0 Å². The number of ether oxygens (including phenoxy) is 1. The molecule has 1 aromatic carbocycles. The summed E-state index contributed by atoms with van der Waals surface area (Å²) >= 11 is 0. The normalized spacial score (nSPS) is 14.3. The van der Waals surface area contributed by atoms with E-state index in [2.05, 4.69) is 5.32 Å². The van der Waals surface area contributed by atoms with Gasteiger partial charge in [0.15, 0.2) is 0 Å². The zero-order chi connectivity index (χ0) is 16.8. The summed E-state index contributed by atoms with van der Waals surface area (Å²) in [7, 11) is 1.65. The van der Waals surface area contributed by atoms with Crippen LogP contribution >= 0.6 is 0 Å². The molecule has 0 heterocycles. The SMILES string of the molecule is CCOC(=O)C(O)(c1ccc(NC)cc1)C(CF)(CF)CF. The quantitative estimate of drug-likeness (QED) is 0.722. The van der Waals surface area contributed by atoms with Gasteiger partial charge in [0.2, 0.25) is 5.60 Å². The number of alkyl halides is 3. The number of aliphatic hydroxyl groups is 1. The monoisotopic (exact) mass is 319 g/mol. The number of benzene rings is 1. The second-order valence-electron chi connectivity index (χ2n) is 4.94. The Morgan fingerprint density at radius 2 is 1.68 bits per heavy atom. The van der Waals surface area contributed by atoms with Gasteiger partial charge in [-0.25, -0.2) is 4.79 Å². The Hall–Kier alpha value is -1.76. The maximum atomic E-state index is 13.4. The van der Waals surface area contributed by atoms with Crippen molar-refractivity contribution in [2.24, 2.45) is 5.41 Å². The van der Waals surface area contributed by atoms with Gasteiger partial charge in [0.25, 0.3) is 0 Å². The topological polar surface area (TPSA) is 58.6 Å². The number of hydrogen-bond acceptors (Lipinski definition) is 4. The van der Waals surface area contributed by atoms with Crippen molar-refractivity contribution in [3.05, 3.63) is 29.8 Å². The van der Waals surface area contributed by atoms with Crippen LogP contribution in [0.5, 0.6) is 0 Å². The third-order valence-corrected chi connectivity index (χ3v) is 3.70. The van der Waals surface area contributed by atoms with Gasteiger partial charge >= 0.3 is 5.97 Å². The van der Waals surface area contributed by atoms with Crippen LogP contribution in [0.4, 0.5) is 18.9 Å². The number of hydrogen-bond donors (Lipinski definition) is 2. The first-order chi connectivity index (χ1) is 10.5. The molecule has 0 amide bonds. The molecule has 1 rings (SSSR count). The number of esters is 1. The highest BCUT2D eigenvalue weighted by atomic mass is 19.1. The number of carbonyl (C=O) groups is 1. The van der Waals surface area contributed by atoms with Crippen LogP contribution in [0, 0.1) is 5.41 Å². The van der Waals surface area contributed by atoms with Crippen LogP contribution in [-0.4, -0.2) is 44.8 Å². The van der Waals surface area contributed by atoms with Crippen molar-refractivity contribution in [2.75, 3.05) is 39.0 Å². The van der Waals surface area contributed by atoms with Crippen molar-refractivity contribution >= 4 is 11.7 Å². The Morgan fingerprint density at radius 1 is 1.18 bits per heavy atom. The van der Waals surface area contributed by atoms with Gasteiger partial charge in [-0.05, 0) is 24.6 Å². The molecule has 1 atom stereocenters. The number of nitrogens with one attached hydrogen (secondary N) is 1. The highest BCUT2D eigenvalue weighted by molar-refractivity contribution is 5.82. The molecule has 7 heteroatoms. The summed E-state index contributed by atoms with van der Waals surface area (Å²) in [4.78, 5) is 12.2. The van der Waals surface area contributed by atoms with Crippen LogP contribution in [0.25, 0.3) is 0 Å². The molecule has 0 spiro atoms. The lowest BCUT2D eigenvalue weighted by Gasteiger charge is -2.40. The molecule has 0 saturated carbocycles. The van der Waals surface area contributed by atoms with Gasteiger partial charge in [-0.15, -0.1) is 0 Å². The first-order valence-electron chi connectivity index (χ1n) is 6.81. The van der Waals surface area contributed by atoms with Gasteiger partial charge < -0.3 is 15.2 Å². The fraction of sp³-hybridized carbons (Fsp3) is 0.533. The summed E-state index contributed by atoms with van der Waals surface area (Å²) in [5, 5.41) is 13.6. The molecule has 124 valence electrons. The van der Waals surface area contributed by atoms with E-state index in [1.807, 2.05) is 0 Å². The molecule has 0 radical (unpaired) electrons. The summed E-state index contributed by atoms with van der Waals surface area (Å²) in [6.45, 7) is -3.30. The predicted octanol–water partition coefficient (Wildman–Crippen LogP) is 2.37. The van der Waals surface area contributed by atoms with E-state index in [1.165, 1.54) is 31.2 Å². The van der Waals surface area contributed by atoms with Crippen molar-refractivity contribution in [3.63, 3.8) is 0 Å². The molecular formula is C15H20F3NO3. The molecule has 0 aliphatic heterocycles. The molecule has 2 N–H and O–H groups in total. The second-order valence-corrected chi connectivity index (χ2v) is 4.94. The van der Waals surface area contributed by atoms with Gasteiger partial charge in [-0.2, -0.15) is 0 Å². The number of anilines is 1. The fourth-order valence-electron chi connectivity index (χ4n) is 2.15.